The lowest BCUT2D eigenvalue weighted by molar-refractivity contribution is -0.121. The number of carbonyl (C=O) groups excluding carboxylic acids is 1. The number of rotatable bonds is 10. The Labute approximate surface area is 168 Å². The van der Waals surface area contributed by atoms with Crippen molar-refractivity contribution in [2.45, 2.75) is 19.4 Å². The average Bonchev–Trinajstić information content (AvgIpc) is 3.21. The molecule has 3 rings (SSSR count). The van der Waals surface area contributed by atoms with Crippen LogP contribution in [0.1, 0.15) is 17.9 Å². The zero-order valence-electron chi connectivity index (χ0n) is 15.6. The van der Waals surface area contributed by atoms with Gasteiger partial charge in [0, 0.05) is 43.9 Å². The van der Waals surface area contributed by atoms with Crippen LogP contribution in [0.25, 0.3) is 11.4 Å². The van der Waals surface area contributed by atoms with E-state index in [4.69, 9.17) is 4.52 Å². The number of carbonyl (C=O) groups is 1. The van der Waals surface area contributed by atoms with Crippen LogP contribution in [0.4, 0.5) is 0 Å². The summed E-state index contributed by atoms with van der Waals surface area (Å²) in [6.07, 6.45) is 3.64. The van der Waals surface area contributed by atoms with Gasteiger partial charge in [-0.05, 0) is 17.7 Å². The largest absolute Gasteiger partial charge is 0.355 e. The fourth-order valence-electron chi connectivity index (χ4n) is 2.46. The third-order valence-corrected chi connectivity index (χ3v) is 5.31. The Morgan fingerprint density at radius 3 is 2.69 bits per heavy atom. The number of aryl methyl sites for hydroxylation is 1. The Morgan fingerprint density at radius 1 is 1.10 bits per heavy atom. The van der Waals surface area contributed by atoms with E-state index in [0.717, 1.165) is 11.1 Å². The Morgan fingerprint density at radius 2 is 1.93 bits per heavy atom. The van der Waals surface area contributed by atoms with E-state index in [2.05, 4.69) is 25.2 Å². The van der Waals surface area contributed by atoms with Crippen molar-refractivity contribution in [3.8, 4) is 11.4 Å². The molecule has 0 atom stereocenters. The van der Waals surface area contributed by atoms with E-state index in [1.165, 1.54) is 0 Å². The molecule has 0 aliphatic carbocycles. The number of aromatic nitrogens is 3. The van der Waals surface area contributed by atoms with Crippen LogP contribution in [0, 0.1) is 0 Å². The van der Waals surface area contributed by atoms with Crippen molar-refractivity contribution in [3.05, 3.63) is 66.3 Å². The first-order valence-electron chi connectivity index (χ1n) is 9.03. The average molecular weight is 415 g/mol. The van der Waals surface area contributed by atoms with Gasteiger partial charge in [-0.15, -0.1) is 0 Å². The Kier molecular flexibility index (Phi) is 7.04. The summed E-state index contributed by atoms with van der Waals surface area (Å²) in [6.45, 7) is 0.237. The van der Waals surface area contributed by atoms with Crippen molar-refractivity contribution in [3.63, 3.8) is 0 Å². The molecule has 2 aromatic heterocycles. The predicted octanol–water partition coefficient (Wildman–Crippen LogP) is 1.30. The molecule has 0 bridgehead atoms. The van der Waals surface area contributed by atoms with E-state index >= 15 is 0 Å². The summed E-state index contributed by atoms with van der Waals surface area (Å²) in [5, 5.41) is 6.45. The van der Waals surface area contributed by atoms with Crippen molar-refractivity contribution in [1.29, 1.82) is 0 Å². The molecule has 0 saturated heterocycles. The zero-order chi connectivity index (χ0) is 20.5. The van der Waals surface area contributed by atoms with Gasteiger partial charge in [-0.3, -0.25) is 9.78 Å². The minimum Gasteiger partial charge on any atom is -0.355 e. The molecule has 9 nitrogen and oxygen atoms in total. The van der Waals surface area contributed by atoms with E-state index in [9.17, 15) is 13.2 Å². The van der Waals surface area contributed by atoms with Crippen molar-refractivity contribution < 1.29 is 17.7 Å². The normalized spacial score (nSPS) is 11.3. The van der Waals surface area contributed by atoms with Gasteiger partial charge in [0.25, 0.3) is 0 Å². The van der Waals surface area contributed by atoms with Crippen LogP contribution >= 0.6 is 0 Å². The maximum Gasteiger partial charge on any atom is 0.227 e. The van der Waals surface area contributed by atoms with Crippen LogP contribution in [0.2, 0.25) is 0 Å². The molecule has 0 unspecified atom stereocenters. The van der Waals surface area contributed by atoms with Crippen LogP contribution < -0.4 is 10.0 Å². The Balaban J connectivity index is 1.37. The summed E-state index contributed by atoms with van der Waals surface area (Å²) in [5.41, 5.74) is 1.59. The quantitative estimate of drug-likeness (QED) is 0.511. The molecule has 0 saturated carbocycles. The maximum atomic E-state index is 12.0. The third kappa shape index (κ3) is 6.77. The summed E-state index contributed by atoms with van der Waals surface area (Å²) in [6, 6.07) is 12.8. The molecule has 2 heterocycles. The van der Waals surface area contributed by atoms with Crippen LogP contribution in [-0.4, -0.2) is 41.7 Å². The van der Waals surface area contributed by atoms with Crippen LogP contribution in [-0.2, 0) is 27.8 Å². The van der Waals surface area contributed by atoms with Gasteiger partial charge in [-0.1, -0.05) is 35.5 Å². The highest BCUT2D eigenvalue weighted by atomic mass is 32.2. The number of benzene rings is 1. The minimum atomic E-state index is -3.48. The molecule has 29 heavy (non-hydrogen) atoms. The fourth-order valence-corrected chi connectivity index (χ4v) is 3.37. The van der Waals surface area contributed by atoms with Gasteiger partial charge < -0.3 is 9.84 Å². The zero-order valence-corrected chi connectivity index (χ0v) is 16.4. The van der Waals surface area contributed by atoms with E-state index in [1.807, 2.05) is 30.3 Å². The molecule has 0 aliphatic heterocycles. The van der Waals surface area contributed by atoms with Crippen molar-refractivity contribution in [2.75, 3.05) is 12.3 Å². The van der Waals surface area contributed by atoms with E-state index < -0.39 is 10.0 Å². The molecule has 1 amide bonds. The van der Waals surface area contributed by atoms with Gasteiger partial charge in [0.15, 0.2) is 0 Å². The maximum absolute atomic E-state index is 12.0. The van der Waals surface area contributed by atoms with Crippen LogP contribution in [0.15, 0.2) is 59.4 Å². The van der Waals surface area contributed by atoms with Gasteiger partial charge >= 0.3 is 0 Å². The lowest BCUT2D eigenvalue weighted by Crippen LogP contribution is -2.34. The second kappa shape index (κ2) is 9.89. The smallest absolute Gasteiger partial charge is 0.227 e. The molecule has 2 N–H and O–H groups in total. The van der Waals surface area contributed by atoms with Crippen LogP contribution in [0.3, 0.4) is 0 Å². The summed E-state index contributed by atoms with van der Waals surface area (Å²) in [5.74, 6) is 0.252. The number of sulfonamides is 1. The molecule has 0 radical (unpaired) electrons. The Hall–Kier alpha value is -3.11. The lowest BCUT2D eigenvalue weighted by atomic mass is 10.2. The fraction of sp³-hybridized carbons (Fsp3) is 0.263. The van der Waals surface area contributed by atoms with Gasteiger partial charge in [-0.25, -0.2) is 13.1 Å². The van der Waals surface area contributed by atoms with Crippen molar-refractivity contribution in [1.82, 2.24) is 25.2 Å². The monoisotopic (exact) mass is 415 g/mol. The number of amides is 1. The van der Waals surface area contributed by atoms with Crippen molar-refractivity contribution in [2.24, 2.45) is 0 Å². The molecule has 1 aromatic carbocycles. The number of hydrogen-bond acceptors (Lipinski definition) is 7. The second-order valence-corrected chi connectivity index (χ2v) is 8.16. The summed E-state index contributed by atoms with van der Waals surface area (Å²) in [4.78, 5) is 20.1. The Bertz CT molecular complexity index is 1020. The highest BCUT2D eigenvalue weighted by molar-refractivity contribution is 7.89. The van der Waals surface area contributed by atoms with E-state index in [0.29, 0.717) is 11.7 Å². The van der Waals surface area contributed by atoms with Gasteiger partial charge in [0.1, 0.15) is 0 Å². The highest BCUT2D eigenvalue weighted by Crippen LogP contribution is 2.14. The number of nitrogens with zero attached hydrogens (tertiary/aromatic N) is 3. The highest BCUT2D eigenvalue weighted by Gasteiger charge is 2.13. The summed E-state index contributed by atoms with van der Waals surface area (Å²) in [7, 11) is -3.48. The lowest BCUT2D eigenvalue weighted by Gasteiger charge is -2.08. The molecule has 10 heteroatoms. The molecule has 0 aliphatic rings. The SMILES string of the molecule is O=C(CCc1nc(-c2cccnc2)no1)NCCS(=O)(=O)NCc1ccccc1. The topological polar surface area (TPSA) is 127 Å². The number of pyridine rings is 1. The molecule has 152 valence electrons. The summed E-state index contributed by atoms with van der Waals surface area (Å²) >= 11 is 0. The number of nitrogens with one attached hydrogen (secondary N) is 2. The first kappa shape index (κ1) is 20.6. The third-order valence-electron chi connectivity index (χ3n) is 3.99. The minimum absolute atomic E-state index is 0.0216. The van der Waals surface area contributed by atoms with E-state index in [-0.39, 0.29) is 37.6 Å². The second-order valence-electron chi connectivity index (χ2n) is 6.23. The van der Waals surface area contributed by atoms with Crippen molar-refractivity contribution >= 4 is 15.9 Å². The number of hydrogen-bond donors (Lipinski definition) is 2. The molecule has 3 aromatic rings. The molecule has 0 spiro atoms. The molecular weight excluding hydrogens is 394 g/mol. The van der Waals surface area contributed by atoms with Gasteiger partial charge in [0.05, 0.1) is 5.75 Å². The van der Waals surface area contributed by atoms with E-state index in [1.54, 1.807) is 24.5 Å². The molecular formula is C19H21N5O4S. The van der Waals surface area contributed by atoms with Crippen LogP contribution in [0.5, 0.6) is 0 Å². The van der Waals surface area contributed by atoms with Gasteiger partial charge in [0.2, 0.25) is 27.6 Å². The summed E-state index contributed by atoms with van der Waals surface area (Å²) < 4.78 is 31.6. The van der Waals surface area contributed by atoms with Gasteiger partial charge in [-0.2, -0.15) is 4.98 Å². The standard InChI is InChI=1S/C19H21N5O4S/c25-17(8-9-18-23-19(24-28-18)16-7-4-10-20-14-16)21-11-12-29(26,27)22-13-15-5-2-1-3-6-15/h1-7,10,14,22H,8-9,11-13H2,(H,21,25). The first-order chi connectivity index (χ1) is 14.0. The predicted molar refractivity (Wildman–Crippen MR) is 106 cm³/mol. The first-order valence-corrected chi connectivity index (χ1v) is 10.7. The molecule has 0 fully saturated rings.